The van der Waals surface area contributed by atoms with Crippen LogP contribution in [0.1, 0.15) is 142 Å². The Labute approximate surface area is 273 Å². The van der Waals surface area contributed by atoms with E-state index in [1.54, 1.807) is 0 Å². The number of carbonyl (C=O) groups excluding carboxylic acids is 2. The Hall–Kier alpha value is -1.77. The number of esters is 1. The molecule has 9 nitrogen and oxygen atoms in total. The summed E-state index contributed by atoms with van der Waals surface area (Å²) >= 11 is 0. The van der Waals surface area contributed by atoms with Crippen molar-refractivity contribution in [2.24, 2.45) is 0 Å². The first-order valence-corrected chi connectivity index (χ1v) is 19.0. The molecule has 1 amide bonds. The fraction of sp³-hybridized carbons (Fsp3) is 0.771. The molecule has 0 aromatic rings. The van der Waals surface area contributed by atoms with Gasteiger partial charge in [-0.15, -0.1) is 0 Å². The van der Waals surface area contributed by atoms with E-state index >= 15 is 0 Å². The molecule has 0 aromatic heterocycles. The highest BCUT2D eigenvalue weighted by Gasteiger charge is 2.23. The number of hydrogen-bond acceptors (Lipinski definition) is 7. The zero-order valence-corrected chi connectivity index (χ0v) is 29.2. The molecule has 0 saturated carbocycles. The van der Waals surface area contributed by atoms with Crippen molar-refractivity contribution in [3.8, 4) is 0 Å². The van der Waals surface area contributed by atoms with Crippen molar-refractivity contribution < 1.29 is 37.9 Å². The van der Waals surface area contributed by atoms with Crippen LogP contribution < -0.4 is 5.32 Å². The highest BCUT2D eigenvalue weighted by atomic mass is 31.2. The molecular weight excluding hydrogens is 593 g/mol. The number of phosphoric ester groups is 1. The monoisotopic (exact) mass is 657 g/mol. The average Bonchev–Trinajstić information content (AvgIpc) is 3.02. The van der Waals surface area contributed by atoms with Crippen molar-refractivity contribution >= 4 is 19.7 Å². The van der Waals surface area contributed by atoms with Gasteiger partial charge < -0.3 is 20.1 Å². The molecule has 262 valence electrons. The fourth-order valence-corrected chi connectivity index (χ4v) is 5.09. The quantitative estimate of drug-likeness (QED) is 0.0284. The number of phosphoric acid groups is 1. The third kappa shape index (κ3) is 33.4. The number of unbranched alkanes of at least 4 members (excludes halogenated alkanes) is 13. The fourth-order valence-electron chi connectivity index (χ4n) is 4.34. The first kappa shape index (κ1) is 43.2. The smallest absolute Gasteiger partial charge is 0.463 e. The summed E-state index contributed by atoms with van der Waals surface area (Å²) in [5.74, 6) is -0.546. The van der Waals surface area contributed by atoms with Gasteiger partial charge in [-0.2, -0.15) is 0 Å². The molecule has 0 aliphatic heterocycles. The molecule has 0 spiro atoms. The highest BCUT2D eigenvalue weighted by Crippen LogP contribution is 2.42. The van der Waals surface area contributed by atoms with E-state index in [2.05, 4.69) is 55.6 Å². The second-order valence-electron chi connectivity index (χ2n) is 11.5. The number of ether oxygens (including phenoxy) is 1. The van der Waals surface area contributed by atoms with Gasteiger partial charge in [0.1, 0.15) is 12.7 Å². The van der Waals surface area contributed by atoms with Gasteiger partial charge in [-0.1, -0.05) is 108 Å². The zero-order valence-electron chi connectivity index (χ0n) is 28.3. The van der Waals surface area contributed by atoms with Crippen LogP contribution in [0.15, 0.2) is 36.5 Å². The predicted octanol–water partition coefficient (Wildman–Crippen LogP) is 8.65. The van der Waals surface area contributed by atoms with Crippen molar-refractivity contribution in [1.29, 1.82) is 0 Å². The minimum Gasteiger partial charge on any atom is -0.463 e. The molecule has 2 atom stereocenters. The lowest BCUT2D eigenvalue weighted by atomic mass is 10.1. The van der Waals surface area contributed by atoms with Crippen LogP contribution in [0.3, 0.4) is 0 Å². The Bertz CT molecular complexity index is 846. The van der Waals surface area contributed by atoms with Gasteiger partial charge >= 0.3 is 13.8 Å². The van der Waals surface area contributed by atoms with Gasteiger partial charge in [-0.25, -0.2) is 4.57 Å². The van der Waals surface area contributed by atoms with Gasteiger partial charge in [0.05, 0.1) is 13.2 Å². The lowest BCUT2D eigenvalue weighted by Crippen LogP contribution is -2.27. The average molecular weight is 658 g/mol. The summed E-state index contributed by atoms with van der Waals surface area (Å²) in [6, 6.07) is 0. The van der Waals surface area contributed by atoms with E-state index in [0.29, 0.717) is 6.42 Å². The molecule has 0 bridgehead atoms. The molecule has 10 heteroatoms. The number of aliphatic hydroxyl groups is 1. The lowest BCUT2D eigenvalue weighted by molar-refractivity contribution is -0.147. The van der Waals surface area contributed by atoms with Crippen molar-refractivity contribution in [2.45, 2.75) is 148 Å². The van der Waals surface area contributed by atoms with Crippen LogP contribution in [0, 0.1) is 0 Å². The van der Waals surface area contributed by atoms with E-state index in [-0.39, 0.29) is 32.1 Å². The van der Waals surface area contributed by atoms with Gasteiger partial charge in [0, 0.05) is 19.4 Å². The lowest BCUT2D eigenvalue weighted by Gasteiger charge is -2.15. The van der Waals surface area contributed by atoms with Crippen molar-refractivity contribution in [2.75, 3.05) is 26.4 Å². The molecule has 45 heavy (non-hydrogen) atoms. The minimum absolute atomic E-state index is 0.0725. The molecule has 0 radical (unpaired) electrons. The molecule has 2 unspecified atom stereocenters. The Kier molecular flexibility index (Phi) is 30.9. The number of nitrogens with one attached hydrogen (secondary N) is 1. The van der Waals surface area contributed by atoms with Gasteiger partial charge in [-0.3, -0.25) is 18.6 Å². The van der Waals surface area contributed by atoms with Crippen LogP contribution in [0.4, 0.5) is 0 Å². The van der Waals surface area contributed by atoms with Crippen LogP contribution in [-0.2, 0) is 27.9 Å². The summed E-state index contributed by atoms with van der Waals surface area (Å²) in [4.78, 5) is 33.6. The van der Waals surface area contributed by atoms with E-state index < -0.39 is 26.5 Å². The molecule has 0 heterocycles. The summed E-state index contributed by atoms with van der Waals surface area (Å²) in [6.07, 6.45) is 32.2. The number of amides is 1. The van der Waals surface area contributed by atoms with Crippen molar-refractivity contribution in [3.05, 3.63) is 36.5 Å². The van der Waals surface area contributed by atoms with Gasteiger partial charge in [0.2, 0.25) is 5.91 Å². The first-order chi connectivity index (χ1) is 21.8. The molecule has 0 aliphatic rings. The molecular formula is C35H64NO8P. The predicted molar refractivity (Wildman–Crippen MR) is 183 cm³/mol. The van der Waals surface area contributed by atoms with E-state index in [1.165, 1.54) is 25.7 Å². The second-order valence-corrected chi connectivity index (χ2v) is 12.9. The highest BCUT2D eigenvalue weighted by molar-refractivity contribution is 7.47. The number of carbonyl (C=O) groups is 2. The number of hydrogen-bond donors (Lipinski definition) is 3. The minimum atomic E-state index is -4.41. The van der Waals surface area contributed by atoms with Crippen LogP contribution in [-0.4, -0.2) is 54.3 Å². The summed E-state index contributed by atoms with van der Waals surface area (Å²) in [7, 11) is -4.41. The first-order valence-electron chi connectivity index (χ1n) is 17.5. The summed E-state index contributed by atoms with van der Waals surface area (Å²) < 4.78 is 26.6. The van der Waals surface area contributed by atoms with Crippen molar-refractivity contribution in [3.63, 3.8) is 0 Å². The Morgan fingerprint density at radius 2 is 1.24 bits per heavy atom. The molecule has 0 rings (SSSR count). The third-order valence-electron chi connectivity index (χ3n) is 7.02. The summed E-state index contributed by atoms with van der Waals surface area (Å²) in [6.45, 7) is 3.39. The maximum absolute atomic E-state index is 12.0. The maximum atomic E-state index is 12.0. The zero-order chi connectivity index (χ0) is 33.3. The van der Waals surface area contributed by atoms with Crippen LogP contribution in [0.5, 0.6) is 0 Å². The molecule has 0 fully saturated rings. The van der Waals surface area contributed by atoms with E-state index in [1.807, 2.05) is 0 Å². The number of allylic oxidation sites excluding steroid dienone is 6. The van der Waals surface area contributed by atoms with E-state index in [9.17, 15) is 24.2 Å². The van der Waals surface area contributed by atoms with Crippen LogP contribution in [0.2, 0.25) is 0 Å². The van der Waals surface area contributed by atoms with Crippen molar-refractivity contribution in [1.82, 2.24) is 5.32 Å². The second kappa shape index (κ2) is 32.2. The molecule has 0 aliphatic carbocycles. The Morgan fingerprint density at radius 3 is 1.89 bits per heavy atom. The van der Waals surface area contributed by atoms with E-state index in [4.69, 9.17) is 13.8 Å². The van der Waals surface area contributed by atoms with Gasteiger partial charge in [-0.05, 0) is 57.8 Å². The Balaban J connectivity index is 3.68. The largest absolute Gasteiger partial charge is 0.472 e. The third-order valence-corrected chi connectivity index (χ3v) is 8.01. The SMILES string of the molecule is CCC/C=C\CCCCCCCC(=O)OCC(O)COP(=O)(O)OCCNC(=O)CCCCCCC/C=C\C/C=C\CCCC. The van der Waals surface area contributed by atoms with Crippen LogP contribution in [0.25, 0.3) is 0 Å². The molecule has 3 N–H and O–H groups in total. The van der Waals surface area contributed by atoms with Gasteiger partial charge in [0.15, 0.2) is 0 Å². The summed E-state index contributed by atoms with van der Waals surface area (Å²) in [5, 5.41) is 12.6. The maximum Gasteiger partial charge on any atom is 0.472 e. The normalized spacial score (nSPS) is 14.0. The Morgan fingerprint density at radius 1 is 0.689 bits per heavy atom. The molecule has 0 aromatic carbocycles. The number of aliphatic hydroxyl groups excluding tert-OH is 1. The summed E-state index contributed by atoms with van der Waals surface area (Å²) in [5.41, 5.74) is 0. The van der Waals surface area contributed by atoms with Gasteiger partial charge in [0.25, 0.3) is 0 Å². The van der Waals surface area contributed by atoms with Crippen LogP contribution >= 0.6 is 7.82 Å². The topological polar surface area (TPSA) is 131 Å². The van der Waals surface area contributed by atoms with E-state index in [0.717, 1.165) is 89.9 Å². The number of rotatable bonds is 32. The molecule has 0 saturated heterocycles. The standard InChI is InChI=1S/C35H64NO8P/c1-3-5-7-9-11-13-15-16-17-18-19-21-23-25-27-34(38)36-29-30-43-45(40,41)44-32-33(37)31-42-35(39)28-26-24-22-20-14-12-10-8-6-4-2/h8-11,15-16,33,37H,3-7,12-14,17-32H2,1-2H3,(H,36,38)(H,40,41)/b10-8-,11-9-,16-15-.